The molecule has 0 aromatic heterocycles. The monoisotopic (exact) mass is 121 g/mol. The summed E-state index contributed by atoms with van der Waals surface area (Å²) in [6, 6.07) is 0. The van der Waals surface area contributed by atoms with Gasteiger partial charge in [0, 0.05) is 0 Å². The van der Waals surface area contributed by atoms with Crippen LogP contribution in [0.15, 0.2) is 12.3 Å². The van der Waals surface area contributed by atoms with Gasteiger partial charge in [0.15, 0.2) is 0 Å². The summed E-state index contributed by atoms with van der Waals surface area (Å²) in [6.45, 7) is 1.50. The Morgan fingerprint density at radius 1 is 1.62 bits per heavy atom. The van der Waals surface area contributed by atoms with Crippen LogP contribution in [0.5, 0.6) is 0 Å². The minimum Gasteiger partial charge on any atom is -0.385 e. The fourth-order valence-electron chi connectivity index (χ4n) is 0.275. The van der Waals surface area contributed by atoms with Gasteiger partial charge in [-0.25, -0.2) is 8.78 Å². The molecule has 0 aromatic carbocycles. The SMILES string of the molecule is C/C=C/NCC(F)F. The van der Waals surface area contributed by atoms with E-state index in [1.54, 1.807) is 13.0 Å². The summed E-state index contributed by atoms with van der Waals surface area (Å²) in [6.07, 6.45) is 0.903. The van der Waals surface area contributed by atoms with Crippen molar-refractivity contribution in [3.8, 4) is 0 Å². The molecule has 0 rings (SSSR count). The number of nitrogens with one attached hydrogen (secondary N) is 1. The van der Waals surface area contributed by atoms with E-state index in [2.05, 4.69) is 5.32 Å². The second-order valence-corrected chi connectivity index (χ2v) is 1.30. The standard InChI is InChI=1S/C5H9F2N/c1-2-3-8-4-5(6)7/h2-3,5,8H,4H2,1H3/b3-2+. The van der Waals surface area contributed by atoms with Crippen LogP contribution >= 0.6 is 0 Å². The van der Waals surface area contributed by atoms with Crippen LogP contribution in [0, 0.1) is 0 Å². The van der Waals surface area contributed by atoms with E-state index in [1.165, 1.54) is 6.20 Å². The van der Waals surface area contributed by atoms with E-state index in [0.29, 0.717) is 0 Å². The molecule has 0 aliphatic rings. The van der Waals surface area contributed by atoms with Crippen molar-refractivity contribution in [1.29, 1.82) is 0 Å². The summed E-state index contributed by atoms with van der Waals surface area (Å²) >= 11 is 0. The van der Waals surface area contributed by atoms with Crippen LogP contribution in [0.1, 0.15) is 6.92 Å². The van der Waals surface area contributed by atoms with Crippen LogP contribution in [0.2, 0.25) is 0 Å². The van der Waals surface area contributed by atoms with E-state index < -0.39 is 6.43 Å². The Kier molecular flexibility index (Phi) is 4.21. The third-order valence-electron chi connectivity index (χ3n) is 0.557. The van der Waals surface area contributed by atoms with E-state index >= 15 is 0 Å². The van der Waals surface area contributed by atoms with Crippen molar-refractivity contribution >= 4 is 0 Å². The average Bonchev–Trinajstić information content (AvgIpc) is 1.66. The molecule has 0 radical (unpaired) electrons. The molecule has 0 amide bonds. The van der Waals surface area contributed by atoms with Gasteiger partial charge in [0.25, 0.3) is 6.43 Å². The van der Waals surface area contributed by atoms with Crippen LogP contribution < -0.4 is 5.32 Å². The Labute approximate surface area is 47.4 Å². The largest absolute Gasteiger partial charge is 0.385 e. The number of rotatable bonds is 3. The summed E-state index contributed by atoms with van der Waals surface area (Å²) in [7, 11) is 0. The summed E-state index contributed by atoms with van der Waals surface area (Å²) < 4.78 is 22.5. The first-order chi connectivity index (χ1) is 3.77. The number of allylic oxidation sites excluding steroid dienone is 1. The second-order valence-electron chi connectivity index (χ2n) is 1.30. The number of hydrogen-bond acceptors (Lipinski definition) is 1. The average molecular weight is 121 g/mol. The van der Waals surface area contributed by atoms with Crippen LogP contribution in [-0.2, 0) is 0 Å². The second kappa shape index (κ2) is 4.56. The summed E-state index contributed by atoms with van der Waals surface area (Å²) in [5, 5.41) is 2.40. The highest BCUT2D eigenvalue weighted by Gasteiger charge is 1.95. The molecule has 0 spiro atoms. The van der Waals surface area contributed by atoms with E-state index in [4.69, 9.17) is 0 Å². The van der Waals surface area contributed by atoms with Gasteiger partial charge in [0.05, 0.1) is 6.54 Å². The normalized spacial score (nSPS) is 11.0. The van der Waals surface area contributed by atoms with Gasteiger partial charge in [0.2, 0.25) is 0 Å². The van der Waals surface area contributed by atoms with E-state index in [1.807, 2.05) is 0 Å². The van der Waals surface area contributed by atoms with Gasteiger partial charge in [-0.2, -0.15) is 0 Å². The molecule has 0 saturated carbocycles. The van der Waals surface area contributed by atoms with Crippen molar-refractivity contribution in [2.24, 2.45) is 0 Å². The minimum absolute atomic E-state index is 0.260. The lowest BCUT2D eigenvalue weighted by atomic mass is 10.6. The quantitative estimate of drug-likeness (QED) is 0.594. The van der Waals surface area contributed by atoms with Crippen LogP contribution in [0.3, 0.4) is 0 Å². The van der Waals surface area contributed by atoms with Crippen LogP contribution in [0.4, 0.5) is 8.78 Å². The highest BCUT2D eigenvalue weighted by atomic mass is 19.3. The molecule has 8 heavy (non-hydrogen) atoms. The van der Waals surface area contributed by atoms with Gasteiger partial charge < -0.3 is 5.32 Å². The zero-order valence-electron chi connectivity index (χ0n) is 4.70. The highest BCUT2D eigenvalue weighted by Crippen LogP contribution is 1.86. The first kappa shape index (κ1) is 7.40. The van der Waals surface area contributed by atoms with Crippen molar-refractivity contribution in [2.45, 2.75) is 13.3 Å². The summed E-state index contributed by atoms with van der Waals surface area (Å²) in [4.78, 5) is 0. The molecule has 0 fully saturated rings. The molecular formula is C5H9F2N. The zero-order valence-corrected chi connectivity index (χ0v) is 4.70. The molecular weight excluding hydrogens is 112 g/mol. The minimum atomic E-state index is -2.26. The molecule has 1 N–H and O–H groups in total. The third-order valence-corrected chi connectivity index (χ3v) is 0.557. The fourth-order valence-corrected chi connectivity index (χ4v) is 0.275. The molecule has 0 saturated heterocycles. The maximum atomic E-state index is 11.3. The first-order valence-electron chi connectivity index (χ1n) is 2.40. The summed E-state index contributed by atoms with van der Waals surface area (Å²) in [5.41, 5.74) is 0. The number of hydrogen-bond donors (Lipinski definition) is 1. The predicted octanol–water partition coefficient (Wildman–Crippen LogP) is 1.37. The van der Waals surface area contributed by atoms with Gasteiger partial charge in [-0.05, 0) is 13.1 Å². The Bertz CT molecular complexity index is 70.8. The van der Waals surface area contributed by atoms with E-state index in [9.17, 15) is 8.78 Å². The molecule has 1 nitrogen and oxygen atoms in total. The van der Waals surface area contributed by atoms with E-state index in [0.717, 1.165) is 0 Å². The molecule has 0 heterocycles. The van der Waals surface area contributed by atoms with E-state index in [-0.39, 0.29) is 6.54 Å². The third kappa shape index (κ3) is 5.40. The van der Waals surface area contributed by atoms with Crippen LogP contribution in [-0.4, -0.2) is 13.0 Å². The maximum Gasteiger partial charge on any atom is 0.255 e. The fraction of sp³-hybridized carbons (Fsp3) is 0.600. The Morgan fingerprint density at radius 2 is 2.25 bits per heavy atom. The molecule has 0 atom stereocenters. The molecule has 3 heteroatoms. The lowest BCUT2D eigenvalue weighted by Crippen LogP contribution is -2.14. The van der Waals surface area contributed by atoms with Crippen molar-refractivity contribution in [3.05, 3.63) is 12.3 Å². The highest BCUT2D eigenvalue weighted by molar-refractivity contribution is 4.73. The Hall–Kier alpha value is -0.600. The first-order valence-corrected chi connectivity index (χ1v) is 2.40. The molecule has 48 valence electrons. The van der Waals surface area contributed by atoms with Crippen molar-refractivity contribution in [2.75, 3.05) is 6.54 Å². The lowest BCUT2D eigenvalue weighted by Gasteiger charge is -1.95. The molecule has 0 unspecified atom stereocenters. The molecule has 0 aliphatic heterocycles. The maximum absolute atomic E-state index is 11.3. The number of halogens is 2. The van der Waals surface area contributed by atoms with Gasteiger partial charge >= 0.3 is 0 Å². The van der Waals surface area contributed by atoms with Gasteiger partial charge in [0.1, 0.15) is 0 Å². The molecule has 0 bridgehead atoms. The zero-order chi connectivity index (χ0) is 6.41. The van der Waals surface area contributed by atoms with Crippen LogP contribution in [0.25, 0.3) is 0 Å². The molecule has 0 aliphatic carbocycles. The van der Waals surface area contributed by atoms with Crippen molar-refractivity contribution in [1.82, 2.24) is 5.32 Å². The lowest BCUT2D eigenvalue weighted by molar-refractivity contribution is 0.150. The van der Waals surface area contributed by atoms with Gasteiger partial charge in [-0.3, -0.25) is 0 Å². The summed E-state index contributed by atoms with van der Waals surface area (Å²) in [5.74, 6) is 0. The Balaban J connectivity index is 2.93. The predicted molar refractivity (Wildman–Crippen MR) is 28.8 cm³/mol. The van der Waals surface area contributed by atoms with Crippen molar-refractivity contribution in [3.63, 3.8) is 0 Å². The molecule has 0 aromatic rings. The van der Waals surface area contributed by atoms with Gasteiger partial charge in [-0.1, -0.05) is 6.08 Å². The number of alkyl halides is 2. The Morgan fingerprint density at radius 3 is 2.62 bits per heavy atom. The smallest absolute Gasteiger partial charge is 0.255 e. The van der Waals surface area contributed by atoms with Crippen molar-refractivity contribution < 1.29 is 8.78 Å². The van der Waals surface area contributed by atoms with Gasteiger partial charge in [-0.15, -0.1) is 0 Å². The topological polar surface area (TPSA) is 12.0 Å².